The summed E-state index contributed by atoms with van der Waals surface area (Å²) in [6.45, 7) is 3.49. The lowest BCUT2D eigenvalue weighted by Gasteiger charge is -2.32. The van der Waals surface area contributed by atoms with Crippen LogP contribution in [0.4, 0.5) is 5.13 Å². The van der Waals surface area contributed by atoms with Gasteiger partial charge in [-0.05, 0) is 70.3 Å². The average Bonchev–Trinajstić information content (AvgIpc) is 3.33. The first-order chi connectivity index (χ1) is 17.7. The number of fused-ring (bicyclic) bond motifs is 1. The predicted molar refractivity (Wildman–Crippen MR) is 147 cm³/mol. The molecule has 1 atom stereocenters. The van der Waals surface area contributed by atoms with Crippen molar-refractivity contribution < 1.29 is 22.7 Å². The van der Waals surface area contributed by atoms with Crippen molar-refractivity contribution in [1.82, 2.24) is 14.2 Å². The number of rotatable bonds is 9. The minimum absolute atomic E-state index is 0.0328. The zero-order valence-corrected chi connectivity index (χ0v) is 23.6. The summed E-state index contributed by atoms with van der Waals surface area (Å²) < 4.78 is 39.8. The molecule has 0 saturated carbocycles. The second-order valence-electron chi connectivity index (χ2n) is 9.39. The van der Waals surface area contributed by atoms with E-state index in [2.05, 4.69) is 0 Å². The van der Waals surface area contributed by atoms with E-state index in [1.807, 2.05) is 32.0 Å². The number of sulfonamides is 1. The molecule has 2 aromatic carbocycles. The highest BCUT2D eigenvalue weighted by molar-refractivity contribution is 7.89. The molecule has 0 radical (unpaired) electrons. The molecule has 0 N–H and O–H groups in total. The van der Waals surface area contributed by atoms with Crippen LogP contribution in [0, 0.1) is 0 Å². The second-order valence-corrected chi connectivity index (χ2v) is 12.3. The first kappa shape index (κ1) is 27.3. The number of carbonyl (C=O) groups is 1. The van der Waals surface area contributed by atoms with Crippen LogP contribution in [0.15, 0.2) is 41.3 Å². The van der Waals surface area contributed by atoms with Gasteiger partial charge in [0.2, 0.25) is 10.0 Å². The number of ether oxygens (including phenoxy) is 2. The maximum Gasteiger partial charge on any atom is 0.260 e. The topological polar surface area (TPSA) is 92.3 Å². The van der Waals surface area contributed by atoms with Gasteiger partial charge >= 0.3 is 0 Å². The molecule has 37 heavy (non-hydrogen) atoms. The van der Waals surface area contributed by atoms with Crippen LogP contribution in [0.1, 0.15) is 36.5 Å². The third-order valence-electron chi connectivity index (χ3n) is 6.60. The van der Waals surface area contributed by atoms with Gasteiger partial charge in [0.05, 0.1) is 19.1 Å². The van der Waals surface area contributed by atoms with Gasteiger partial charge in [-0.1, -0.05) is 17.8 Å². The number of hydrogen-bond donors (Lipinski definition) is 0. The largest absolute Gasteiger partial charge is 0.495 e. The standard InChI is InChI=1S/C26H34N4O5S2/c1-18-8-6-7-15-30(18)37(32,33)20-11-9-19(10-12-20)25(31)29(17-16-28(2)3)26-27-23-21(34-4)13-14-22(35-5)24(23)36-26/h9-14,18H,6-8,15-17H2,1-5H3. The van der Waals surface area contributed by atoms with E-state index < -0.39 is 10.0 Å². The summed E-state index contributed by atoms with van der Waals surface area (Å²) in [5.74, 6) is 0.995. The van der Waals surface area contributed by atoms with E-state index in [4.69, 9.17) is 14.5 Å². The number of benzene rings is 2. The summed E-state index contributed by atoms with van der Waals surface area (Å²) in [6.07, 6.45) is 2.75. The minimum Gasteiger partial charge on any atom is -0.495 e. The molecule has 1 aromatic heterocycles. The number of thiazole rings is 1. The highest BCUT2D eigenvalue weighted by Gasteiger charge is 2.31. The van der Waals surface area contributed by atoms with Crippen LogP contribution < -0.4 is 14.4 Å². The van der Waals surface area contributed by atoms with Crippen molar-refractivity contribution in [1.29, 1.82) is 0 Å². The number of methoxy groups -OCH3 is 2. The number of carbonyl (C=O) groups excluding carboxylic acids is 1. The maximum atomic E-state index is 13.7. The molecule has 1 saturated heterocycles. The lowest BCUT2D eigenvalue weighted by molar-refractivity contribution is 0.0985. The summed E-state index contributed by atoms with van der Waals surface area (Å²) in [7, 11) is 3.43. The zero-order valence-electron chi connectivity index (χ0n) is 21.9. The normalized spacial score (nSPS) is 16.8. The van der Waals surface area contributed by atoms with E-state index in [1.165, 1.54) is 23.5 Å². The van der Waals surface area contributed by atoms with E-state index in [0.717, 1.165) is 24.0 Å². The summed E-state index contributed by atoms with van der Waals surface area (Å²) in [5, 5.41) is 0.517. The van der Waals surface area contributed by atoms with Crippen molar-refractivity contribution in [3.8, 4) is 11.5 Å². The summed E-state index contributed by atoms with van der Waals surface area (Å²) in [5.41, 5.74) is 1.02. The van der Waals surface area contributed by atoms with Gasteiger partial charge in [-0.3, -0.25) is 9.69 Å². The predicted octanol–water partition coefficient (Wildman–Crippen LogP) is 4.09. The Kier molecular flexibility index (Phi) is 8.37. The van der Waals surface area contributed by atoms with Crippen LogP contribution in [0.5, 0.6) is 11.5 Å². The van der Waals surface area contributed by atoms with Crippen molar-refractivity contribution in [2.24, 2.45) is 0 Å². The third-order valence-corrected chi connectivity index (χ3v) is 9.72. The van der Waals surface area contributed by atoms with Gasteiger partial charge in [-0.2, -0.15) is 4.31 Å². The molecule has 0 bridgehead atoms. The van der Waals surface area contributed by atoms with E-state index in [9.17, 15) is 13.2 Å². The number of amides is 1. The smallest absolute Gasteiger partial charge is 0.260 e. The minimum atomic E-state index is -3.62. The monoisotopic (exact) mass is 546 g/mol. The van der Waals surface area contributed by atoms with Crippen molar-refractivity contribution >= 4 is 42.6 Å². The van der Waals surface area contributed by atoms with E-state index >= 15 is 0 Å². The highest BCUT2D eigenvalue weighted by atomic mass is 32.2. The maximum absolute atomic E-state index is 13.7. The molecule has 1 aliphatic rings. The highest BCUT2D eigenvalue weighted by Crippen LogP contribution is 2.40. The number of hydrogen-bond acceptors (Lipinski definition) is 8. The molecule has 9 nitrogen and oxygen atoms in total. The quantitative estimate of drug-likeness (QED) is 0.399. The Labute approximate surface area is 222 Å². The fourth-order valence-corrected chi connectivity index (χ4v) is 7.26. The molecule has 200 valence electrons. The van der Waals surface area contributed by atoms with Gasteiger partial charge in [-0.15, -0.1) is 0 Å². The van der Waals surface area contributed by atoms with E-state index in [0.29, 0.717) is 47.3 Å². The van der Waals surface area contributed by atoms with Gasteiger partial charge in [0.15, 0.2) is 5.13 Å². The Hall–Kier alpha value is -2.73. The van der Waals surface area contributed by atoms with Gasteiger partial charge in [0.25, 0.3) is 5.91 Å². The van der Waals surface area contributed by atoms with Crippen LogP contribution >= 0.6 is 11.3 Å². The number of likely N-dealkylation sites (N-methyl/N-ethyl adjacent to an activating group) is 1. The number of piperidine rings is 1. The van der Waals surface area contributed by atoms with Crippen molar-refractivity contribution in [3.63, 3.8) is 0 Å². The lowest BCUT2D eigenvalue weighted by atomic mass is 10.1. The first-order valence-electron chi connectivity index (χ1n) is 12.3. The fourth-order valence-electron chi connectivity index (χ4n) is 4.46. The van der Waals surface area contributed by atoms with Crippen molar-refractivity contribution in [2.75, 3.05) is 52.8 Å². The molecule has 4 rings (SSSR count). The van der Waals surface area contributed by atoms with Crippen LogP contribution in [0.2, 0.25) is 0 Å². The van der Waals surface area contributed by atoms with Gasteiger partial charge < -0.3 is 14.4 Å². The molecule has 2 heterocycles. The summed E-state index contributed by atoms with van der Waals surface area (Å²) in [4.78, 5) is 22.3. The molecular weight excluding hydrogens is 512 g/mol. The van der Waals surface area contributed by atoms with Crippen LogP contribution in [-0.2, 0) is 10.0 Å². The average molecular weight is 547 g/mol. The lowest BCUT2D eigenvalue weighted by Crippen LogP contribution is -2.41. The Bertz CT molecular complexity index is 1310. The first-order valence-corrected chi connectivity index (χ1v) is 14.5. The molecule has 0 spiro atoms. The molecule has 1 unspecified atom stereocenters. The third kappa shape index (κ3) is 5.59. The Balaban J connectivity index is 1.67. The molecule has 3 aromatic rings. The SMILES string of the molecule is COc1ccc(OC)c2sc(N(CCN(C)C)C(=O)c3ccc(S(=O)(=O)N4CCCCC4C)cc3)nc12. The number of anilines is 1. The van der Waals surface area contributed by atoms with Gasteiger partial charge in [0.1, 0.15) is 21.7 Å². The van der Waals surface area contributed by atoms with Crippen molar-refractivity contribution in [2.45, 2.75) is 37.1 Å². The summed E-state index contributed by atoms with van der Waals surface area (Å²) >= 11 is 1.36. The molecular formula is C26H34N4O5S2. The van der Waals surface area contributed by atoms with Gasteiger partial charge in [0, 0.05) is 31.2 Å². The molecule has 1 aliphatic heterocycles. The Morgan fingerprint density at radius 3 is 2.35 bits per heavy atom. The van der Waals surface area contributed by atoms with E-state index in [-0.39, 0.29) is 16.8 Å². The van der Waals surface area contributed by atoms with Gasteiger partial charge in [-0.25, -0.2) is 13.4 Å². The van der Waals surface area contributed by atoms with Crippen LogP contribution in [-0.4, -0.2) is 82.5 Å². The van der Waals surface area contributed by atoms with Crippen LogP contribution in [0.3, 0.4) is 0 Å². The second kappa shape index (κ2) is 11.3. The van der Waals surface area contributed by atoms with E-state index in [1.54, 1.807) is 41.6 Å². The molecule has 11 heteroatoms. The fraction of sp³-hybridized carbons (Fsp3) is 0.462. The number of aromatic nitrogens is 1. The van der Waals surface area contributed by atoms with Crippen LogP contribution in [0.25, 0.3) is 10.2 Å². The molecule has 1 amide bonds. The Morgan fingerprint density at radius 1 is 1.05 bits per heavy atom. The van der Waals surface area contributed by atoms with Crippen molar-refractivity contribution in [3.05, 3.63) is 42.0 Å². The number of nitrogens with zero attached hydrogens (tertiary/aromatic N) is 4. The Morgan fingerprint density at radius 2 is 1.73 bits per heavy atom. The molecule has 1 fully saturated rings. The zero-order chi connectivity index (χ0) is 26.7. The summed E-state index contributed by atoms with van der Waals surface area (Å²) in [6, 6.07) is 9.80. The molecule has 0 aliphatic carbocycles.